The van der Waals surface area contributed by atoms with Gasteiger partial charge in [-0.2, -0.15) is 5.10 Å². The highest BCUT2D eigenvalue weighted by molar-refractivity contribution is 7.98. The first-order chi connectivity index (χ1) is 8.09. The molecule has 0 fully saturated rings. The number of benzene rings is 1. The second-order valence-electron chi connectivity index (χ2n) is 4.03. The molecule has 4 heteroatoms. The van der Waals surface area contributed by atoms with E-state index in [1.807, 2.05) is 14.0 Å². The largest absolute Gasteiger partial charge is 0.257 e. The Morgan fingerprint density at radius 3 is 2.59 bits per heavy atom. The van der Waals surface area contributed by atoms with Crippen LogP contribution in [0.15, 0.2) is 29.2 Å². The number of aryl methyl sites for hydroxylation is 3. The number of rotatable bonds is 3. The second kappa shape index (κ2) is 5.15. The molecule has 0 saturated carbocycles. The molecule has 0 saturated heterocycles. The average Bonchev–Trinajstić information content (AvgIpc) is 2.53. The van der Waals surface area contributed by atoms with Crippen LogP contribution in [0.1, 0.15) is 16.8 Å². The Bertz CT molecular complexity index is 534. The number of nitrogens with zero attached hydrogens (tertiary/aromatic N) is 2. The molecule has 2 nitrogen and oxygen atoms in total. The van der Waals surface area contributed by atoms with Crippen molar-refractivity contribution in [3.63, 3.8) is 0 Å². The summed E-state index contributed by atoms with van der Waals surface area (Å²) in [5, 5.41) is 5.06. The van der Waals surface area contributed by atoms with Crippen LogP contribution in [0.25, 0.3) is 0 Å². The predicted molar refractivity (Wildman–Crippen MR) is 73.7 cm³/mol. The van der Waals surface area contributed by atoms with E-state index in [1.165, 1.54) is 10.5 Å². The van der Waals surface area contributed by atoms with Crippen LogP contribution in [0.3, 0.4) is 0 Å². The summed E-state index contributed by atoms with van der Waals surface area (Å²) in [6.07, 6.45) is 0. The van der Waals surface area contributed by atoms with Crippen molar-refractivity contribution in [3.05, 3.63) is 46.2 Å². The summed E-state index contributed by atoms with van der Waals surface area (Å²) < 4.78 is 1.73. The number of halogens is 1. The lowest BCUT2D eigenvalue weighted by molar-refractivity contribution is 0.757. The molecule has 0 aliphatic heterocycles. The molecule has 17 heavy (non-hydrogen) atoms. The van der Waals surface area contributed by atoms with Gasteiger partial charge in [-0.05, 0) is 25.5 Å². The zero-order valence-electron chi connectivity index (χ0n) is 10.2. The molecular weight excluding hydrogens is 252 g/mol. The first-order valence-electron chi connectivity index (χ1n) is 5.46. The van der Waals surface area contributed by atoms with Gasteiger partial charge in [0.15, 0.2) is 0 Å². The summed E-state index contributed by atoms with van der Waals surface area (Å²) in [5.74, 6) is 0.864. The van der Waals surface area contributed by atoms with Gasteiger partial charge in [-0.25, -0.2) is 0 Å². The summed E-state index contributed by atoms with van der Waals surface area (Å²) >= 11 is 8.01. The molecular formula is C13H15ClN2S. The third-order valence-corrected chi connectivity index (χ3v) is 4.41. The van der Waals surface area contributed by atoms with Crippen molar-refractivity contribution in [1.29, 1.82) is 0 Å². The minimum Gasteiger partial charge on any atom is -0.257 e. The second-order valence-corrected chi connectivity index (χ2v) is 5.41. The summed E-state index contributed by atoms with van der Waals surface area (Å²) in [6.45, 7) is 4.12. The highest BCUT2D eigenvalue weighted by Gasteiger charge is 2.11. The zero-order valence-corrected chi connectivity index (χ0v) is 11.8. The average molecular weight is 267 g/mol. The Labute approximate surface area is 111 Å². The summed E-state index contributed by atoms with van der Waals surface area (Å²) in [5.41, 5.74) is 3.44. The Balaban J connectivity index is 2.15. The molecule has 0 N–H and O–H groups in total. The lowest BCUT2D eigenvalue weighted by Crippen LogP contribution is -1.89. The van der Waals surface area contributed by atoms with Crippen molar-refractivity contribution < 1.29 is 0 Å². The van der Waals surface area contributed by atoms with Gasteiger partial charge in [0, 0.05) is 23.3 Å². The van der Waals surface area contributed by atoms with Crippen LogP contribution in [0, 0.1) is 13.8 Å². The summed E-state index contributed by atoms with van der Waals surface area (Å²) in [4.78, 5) is 1.30. The third-order valence-electron chi connectivity index (χ3n) is 2.74. The van der Waals surface area contributed by atoms with E-state index < -0.39 is 0 Å². The molecule has 0 atom stereocenters. The Hall–Kier alpha value is -0.930. The minimum atomic E-state index is 0.739. The van der Waals surface area contributed by atoms with Crippen molar-refractivity contribution in [2.75, 3.05) is 0 Å². The normalized spacial score (nSPS) is 10.8. The smallest absolute Gasteiger partial charge is 0.131 e. The van der Waals surface area contributed by atoms with Gasteiger partial charge in [0.2, 0.25) is 0 Å². The van der Waals surface area contributed by atoms with Crippen molar-refractivity contribution in [2.24, 2.45) is 7.05 Å². The predicted octanol–water partition coefficient (Wildman–Crippen LogP) is 3.98. The van der Waals surface area contributed by atoms with Gasteiger partial charge in [0.1, 0.15) is 5.15 Å². The fourth-order valence-corrected chi connectivity index (χ4v) is 3.14. The Morgan fingerprint density at radius 1 is 1.29 bits per heavy atom. The van der Waals surface area contributed by atoms with Crippen LogP contribution in [0.4, 0.5) is 0 Å². The van der Waals surface area contributed by atoms with Crippen molar-refractivity contribution >= 4 is 23.4 Å². The molecule has 0 unspecified atom stereocenters. The van der Waals surface area contributed by atoms with E-state index in [0.29, 0.717) is 0 Å². The van der Waals surface area contributed by atoms with Gasteiger partial charge in [0.05, 0.1) is 5.69 Å². The number of aromatic nitrogens is 2. The van der Waals surface area contributed by atoms with Crippen molar-refractivity contribution in [2.45, 2.75) is 24.5 Å². The van der Waals surface area contributed by atoms with E-state index >= 15 is 0 Å². The van der Waals surface area contributed by atoms with Crippen molar-refractivity contribution in [3.8, 4) is 0 Å². The Morgan fingerprint density at radius 2 is 2.00 bits per heavy atom. The first kappa shape index (κ1) is 12.5. The molecule has 0 aliphatic carbocycles. The molecule has 0 aliphatic rings. The standard InChI is InChI=1S/C13H15ClN2S/c1-9-6-4-5-7-12(9)17-8-11-10(2)15-16(3)13(11)14/h4-7H,8H2,1-3H3. The highest BCUT2D eigenvalue weighted by atomic mass is 35.5. The van der Waals surface area contributed by atoms with Gasteiger partial charge in [-0.3, -0.25) is 4.68 Å². The van der Waals surface area contributed by atoms with Crippen LogP contribution >= 0.6 is 23.4 Å². The maximum Gasteiger partial charge on any atom is 0.131 e. The lowest BCUT2D eigenvalue weighted by atomic mass is 10.2. The quantitative estimate of drug-likeness (QED) is 0.782. The number of hydrogen-bond donors (Lipinski definition) is 0. The zero-order chi connectivity index (χ0) is 12.4. The van der Waals surface area contributed by atoms with Gasteiger partial charge >= 0.3 is 0 Å². The molecule has 1 aromatic heterocycles. The summed E-state index contributed by atoms with van der Waals surface area (Å²) in [7, 11) is 1.87. The van der Waals surface area contributed by atoms with Crippen LogP contribution in [0.2, 0.25) is 5.15 Å². The molecule has 1 aromatic carbocycles. The molecule has 90 valence electrons. The molecule has 0 spiro atoms. The maximum atomic E-state index is 6.21. The van der Waals surface area contributed by atoms with Crippen LogP contribution < -0.4 is 0 Å². The monoisotopic (exact) mass is 266 g/mol. The SMILES string of the molecule is Cc1ccccc1SCc1c(C)nn(C)c1Cl. The Kier molecular flexibility index (Phi) is 3.79. The molecule has 2 aromatic rings. The minimum absolute atomic E-state index is 0.739. The van der Waals surface area contributed by atoms with E-state index in [0.717, 1.165) is 22.2 Å². The van der Waals surface area contributed by atoms with Crippen LogP contribution in [-0.2, 0) is 12.8 Å². The van der Waals surface area contributed by atoms with Crippen LogP contribution in [0.5, 0.6) is 0 Å². The molecule has 0 amide bonds. The van der Waals surface area contributed by atoms with Gasteiger partial charge in [-0.15, -0.1) is 11.8 Å². The molecule has 0 bridgehead atoms. The molecule has 2 rings (SSSR count). The molecule has 1 heterocycles. The fourth-order valence-electron chi connectivity index (χ4n) is 1.71. The summed E-state index contributed by atoms with van der Waals surface area (Å²) in [6, 6.07) is 8.38. The van der Waals surface area contributed by atoms with Gasteiger partial charge in [0.25, 0.3) is 0 Å². The number of thioether (sulfide) groups is 1. The number of hydrogen-bond acceptors (Lipinski definition) is 2. The van der Waals surface area contributed by atoms with Gasteiger partial charge in [-0.1, -0.05) is 29.8 Å². The molecule has 0 radical (unpaired) electrons. The lowest BCUT2D eigenvalue weighted by Gasteiger charge is -2.04. The van der Waals surface area contributed by atoms with E-state index in [4.69, 9.17) is 11.6 Å². The van der Waals surface area contributed by atoms with Crippen molar-refractivity contribution in [1.82, 2.24) is 9.78 Å². The third kappa shape index (κ3) is 2.67. The van der Waals surface area contributed by atoms with Gasteiger partial charge < -0.3 is 0 Å². The van der Waals surface area contributed by atoms with E-state index in [1.54, 1.807) is 16.4 Å². The first-order valence-corrected chi connectivity index (χ1v) is 6.82. The highest BCUT2D eigenvalue weighted by Crippen LogP contribution is 2.30. The van der Waals surface area contributed by atoms with E-state index in [9.17, 15) is 0 Å². The maximum absolute atomic E-state index is 6.21. The topological polar surface area (TPSA) is 17.8 Å². The van der Waals surface area contributed by atoms with E-state index in [-0.39, 0.29) is 0 Å². The van der Waals surface area contributed by atoms with Crippen LogP contribution in [-0.4, -0.2) is 9.78 Å². The van der Waals surface area contributed by atoms with E-state index in [2.05, 4.69) is 36.3 Å². The fraction of sp³-hybridized carbons (Fsp3) is 0.308.